The number of allylic oxidation sites excluding steroid dienone is 2. The molecule has 0 saturated heterocycles. The maximum atomic E-state index is 11.8. The van der Waals surface area contributed by atoms with Gasteiger partial charge >= 0.3 is 12.0 Å². The summed E-state index contributed by atoms with van der Waals surface area (Å²) in [6.45, 7) is 2.80. The molecule has 1 rings (SSSR count). The van der Waals surface area contributed by atoms with E-state index in [0.717, 1.165) is 25.7 Å². The number of amides is 2. The van der Waals surface area contributed by atoms with Gasteiger partial charge in [-0.2, -0.15) is 0 Å². The van der Waals surface area contributed by atoms with Crippen molar-refractivity contribution in [2.24, 2.45) is 5.92 Å². The molecule has 0 aliphatic heterocycles. The van der Waals surface area contributed by atoms with Crippen LogP contribution >= 0.6 is 0 Å². The Hall–Kier alpha value is -1.52. The van der Waals surface area contributed by atoms with Crippen LogP contribution in [0.4, 0.5) is 4.79 Å². The molecular formula is C13H22N2O3. The molecule has 1 aliphatic rings. The molecule has 1 unspecified atom stereocenters. The lowest BCUT2D eigenvalue weighted by atomic mass is 9.94. The van der Waals surface area contributed by atoms with Crippen molar-refractivity contribution in [3.63, 3.8) is 0 Å². The molecule has 0 fully saturated rings. The van der Waals surface area contributed by atoms with E-state index < -0.39 is 5.97 Å². The van der Waals surface area contributed by atoms with E-state index in [1.54, 1.807) is 0 Å². The average molecular weight is 254 g/mol. The van der Waals surface area contributed by atoms with E-state index >= 15 is 0 Å². The molecular weight excluding hydrogens is 232 g/mol. The molecule has 2 amide bonds. The van der Waals surface area contributed by atoms with Gasteiger partial charge < -0.3 is 15.3 Å². The van der Waals surface area contributed by atoms with Gasteiger partial charge in [0.25, 0.3) is 0 Å². The van der Waals surface area contributed by atoms with Crippen molar-refractivity contribution in [1.29, 1.82) is 0 Å². The summed E-state index contributed by atoms with van der Waals surface area (Å²) in [6.07, 6.45) is 8.20. The Labute approximate surface area is 108 Å². The Morgan fingerprint density at radius 3 is 2.78 bits per heavy atom. The lowest BCUT2D eigenvalue weighted by Crippen LogP contribution is -2.44. The van der Waals surface area contributed by atoms with Crippen LogP contribution in [-0.4, -0.2) is 41.6 Å². The summed E-state index contributed by atoms with van der Waals surface area (Å²) in [5, 5.41) is 11.6. The fraction of sp³-hybridized carbons (Fsp3) is 0.692. The number of aliphatic carboxylic acids is 1. The number of nitrogens with one attached hydrogen (secondary N) is 1. The molecule has 5 nitrogen and oxygen atoms in total. The standard InChI is InChI=1S/C13H22N2O3/c1-2-8-15(10-12(16)17)13(18)14-9-11-6-4-3-5-7-11/h3-4,11H,2,5-10H2,1H3,(H,14,18)(H,16,17). The second kappa shape index (κ2) is 7.74. The molecule has 1 atom stereocenters. The molecule has 0 spiro atoms. The van der Waals surface area contributed by atoms with Crippen molar-refractivity contribution in [3.05, 3.63) is 12.2 Å². The zero-order chi connectivity index (χ0) is 13.4. The third-order valence-corrected chi connectivity index (χ3v) is 3.03. The van der Waals surface area contributed by atoms with Crippen LogP contribution in [0.25, 0.3) is 0 Å². The van der Waals surface area contributed by atoms with Crippen molar-refractivity contribution in [2.75, 3.05) is 19.6 Å². The molecule has 0 heterocycles. The number of hydrogen-bond acceptors (Lipinski definition) is 2. The van der Waals surface area contributed by atoms with E-state index in [1.165, 1.54) is 4.90 Å². The van der Waals surface area contributed by atoms with E-state index in [4.69, 9.17) is 5.11 Å². The zero-order valence-electron chi connectivity index (χ0n) is 10.9. The molecule has 0 saturated carbocycles. The SMILES string of the molecule is CCCN(CC(=O)O)C(=O)NCC1CC=CCC1. The zero-order valence-corrected chi connectivity index (χ0v) is 10.9. The molecule has 0 aromatic rings. The van der Waals surface area contributed by atoms with Crippen molar-refractivity contribution in [1.82, 2.24) is 10.2 Å². The number of rotatable bonds is 6. The largest absolute Gasteiger partial charge is 0.480 e. The summed E-state index contributed by atoms with van der Waals surface area (Å²) in [5.74, 6) is -0.494. The number of carboxylic acid groups (broad SMARTS) is 1. The molecule has 0 radical (unpaired) electrons. The second-order valence-corrected chi connectivity index (χ2v) is 4.65. The summed E-state index contributed by atoms with van der Waals surface area (Å²) in [6, 6.07) is -0.270. The number of urea groups is 1. The Bertz CT molecular complexity index is 315. The van der Waals surface area contributed by atoms with Crippen molar-refractivity contribution in [2.45, 2.75) is 32.6 Å². The molecule has 5 heteroatoms. The number of carbonyl (C=O) groups excluding carboxylic acids is 1. The molecule has 2 N–H and O–H groups in total. The van der Waals surface area contributed by atoms with Crippen LogP contribution in [0, 0.1) is 5.92 Å². The Balaban J connectivity index is 2.35. The number of nitrogens with zero attached hydrogens (tertiary/aromatic N) is 1. The fourth-order valence-corrected chi connectivity index (χ4v) is 2.07. The molecule has 0 aromatic heterocycles. The van der Waals surface area contributed by atoms with Crippen molar-refractivity contribution in [3.8, 4) is 0 Å². The Morgan fingerprint density at radius 2 is 2.22 bits per heavy atom. The third-order valence-electron chi connectivity index (χ3n) is 3.03. The van der Waals surface area contributed by atoms with Gasteiger partial charge in [0.2, 0.25) is 0 Å². The van der Waals surface area contributed by atoms with Gasteiger partial charge in [0, 0.05) is 13.1 Å². The first-order valence-corrected chi connectivity index (χ1v) is 6.53. The number of hydrogen-bond donors (Lipinski definition) is 2. The van der Waals surface area contributed by atoms with Crippen LogP contribution in [0.1, 0.15) is 32.6 Å². The van der Waals surface area contributed by atoms with Gasteiger partial charge in [-0.1, -0.05) is 19.1 Å². The summed E-state index contributed by atoms with van der Waals surface area (Å²) < 4.78 is 0. The van der Waals surface area contributed by atoms with Crippen LogP contribution in [0.5, 0.6) is 0 Å². The van der Waals surface area contributed by atoms with Gasteiger partial charge in [-0.3, -0.25) is 4.79 Å². The normalized spacial score (nSPS) is 18.4. The van der Waals surface area contributed by atoms with E-state index in [2.05, 4.69) is 17.5 Å². The van der Waals surface area contributed by atoms with Crippen LogP contribution in [0.15, 0.2) is 12.2 Å². The minimum absolute atomic E-state index is 0.232. The highest BCUT2D eigenvalue weighted by atomic mass is 16.4. The first-order valence-electron chi connectivity index (χ1n) is 6.53. The van der Waals surface area contributed by atoms with Crippen molar-refractivity contribution < 1.29 is 14.7 Å². The van der Waals surface area contributed by atoms with Gasteiger partial charge in [0.1, 0.15) is 6.54 Å². The Morgan fingerprint density at radius 1 is 1.44 bits per heavy atom. The van der Waals surface area contributed by atoms with Crippen molar-refractivity contribution >= 4 is 12.0 Å². The van der Waals surface area contributed by atoms with Gasteiger partial charge in [0.15, 0.2) is 0 Å². The second-order valence-electron chi connectivity index (χ2n) is 4.65. The molecule has 1 aliphatic carbocycles. The third kappa shape index (κ3) is 5.21. The molecule has 0 bridgehead atoms. The first kappa shape index (κ1) is 14.5. The van der Waals surface area contributed by atoms with Crippen LogP contribution < -0.4 is 5.32 Å². The highest BCUT2D eigenvalue weighted by Crippen LogP contribution is 2.16. The van der Waals surface area contributed by atoms with Gasteiger partial charge in [-0.05, 0) is 31.6 Å². The van der Waals surface area contributed by atoms with Crippen LogP contribution in [-0.2, 0) is 4.79 Å². The average Bonchev–Trinajstić information content (AvgIpc) is 2.36. The fourth-order valence-electron chi connectivity index (χ4n) is 2.07. The van der Waals surface area contributed by atoms with Crippen LogP contribution in [0.2, 0.25) is 0 Å². The number of carbonyl (C=O) groups is 2. The lowest BCUT2D eigenvalue weighted by Gasteiger charge is -2.23. The van der Waals surface area contributed by atoms with Gasteiger partial charge in [0.05, 0.1) is 0 Å². The predicted molar refractivity (Wildman–Crippen MR) is 69.4 cm³/mol. The monoisotopic (exact) mass is 254 g/mol. The lowest BCUT2D eigenvalue weighted by molar-refractivity contribution is -0.137. The summed E-state index contributed by atoms with van der Waals surface area (Å²) >= 11 is 0. The minimum Gasteiger partial charge on any atom is -0.480 e. The molecule has 18 heavy (non-hydrogen) atoms. The minimum atomic E-state index is -0.973. The summed E-state index contributed by atoms with van der Waals surface area (Å²) in [7, 11) is 0. The first-order chi connectivity index (χ1) is 8.63. The topological polar surface area (TPSA) is 69.6 Å². The highest BCUT2D eigenvalue weighted by molar-refractivity contribution is 5.80. The maximum absolute atomic E-state index is 11.8. The molecule has 0 aromatic carbocycles. The van der Waals surface area contributed by atoms with Crippen LogP contribution in [0.3, 0.4) is 0 Å². The number of carboxylic acids is 1. The molecule has 102 valence electrons. The van der Waals surface area contributed by atoms with E-state index in [0.29, 0.717) is 19.0 Å². The van der Waals surface area contributed by atoms with E-state index in [1.807, 2.05) is 6.92 Å². The quantitative estimate of drug-likeness (QED) is 0.711. The van der Waals surface area contributed by atoms with E-state index in [9.17, 15) is 9.59 Å². The predicted octanol–water partition coefficient (Wildman–Crippen LogP) is 1.85. The van der Waals surface area contributed by atoms with E-state index in [-0.39, 0.29) is 12.6 Å². The summed E-state index contributed by atoms with van der Waals surface area (Å²) in [5.41, 5.74) is 0. The maximum Gasteiger partial charge on any atom is 0.323 e. The van der Waals surface area contributed by atoms with Gasteiger partial charge in [-0.25, -0.2) is 4.79 Å². The highest BCUT2D eigenvalue weighted by Gasteiger charge is 2.17. The smallest absolute Gasteiger partial charge is 0.323 e. The Kier molecular flexibility index (Phi) is 6.25. The summed E-state index contributed by atoms with van der Waals surface area (Å²) in [4.78, 5) is 23.9. The van der Waals surface area contributed by atoms with Gasteiger partial charge in [-0.15, -0.1) is 0 Å².